The molecule has 0 spiro atoms. The molecule has 1 fully saturated rings. The van der Waals surface area contributed by atoms with Crippen LogP contribution in [-0.4, -0.2) is 6.61 Å². The molecule has 0 radical (unpaired) electrons. The van der Waals surface area contributed by atoms with E-state index in [1.807, 2.05) is 12.1 Å². The van der Waals surface area contributed by atoms with Crippen molar-refractivity contribution in [2.75, 3.05) is 6.61 Å². The number of para-hydroxylation sites is 1. The van der Waals surface area contributed by atoms with E-state index < -0.39 is 0 Å². The Kier molecular flexibility index (Phi) is 1.41. The van der Waals surface area contributed by atoms with Crippen molar-refractivity contribution in [3.05, 3.63) is 29.3 Å². The van der Waals surface area contributed by atoms with Gasteiger partial charge in [0, 0.05) is 12.0 Å². The molecule has 70 valence electrons. The third-order valence-corrected chi connectivity index (χ3v) is 3.19. The Hall–Kier alpha value is -1.49. The Morgan fingerprint density at radius 1 is 1.36 bits per heavy atom. The van der Waals surface area contributed by atoms with E-state index in [-0.39, 0.29) is 5.41 Å². The van der Waals surface area contributed by atoms with Crippen LogP contribution in [0.25, 0.3) is 0 Å². The first-order valence-electron chi connectivity index (χ1n) is 5.02. The highest BCUT2D eigenvalue weighted by molar-refractivity contribution is 5.53. The van der Waals surface area contributed by atoms with Gasteiger partial charge in [0.25, 0.3) is 0 Å². The third kappa shape index (κ3) is 0.899. The van der Waals surface area contributed by atoms with E-state index in [0.29, 0.717) is 0 Å². The van der Waals surface area contributed by atoms with Gasteiger partial charge in [0.2, 0.25) is 0 Å². The van der Waals surface area contributed by atoms with Crippen LogP contribution in [0.1, 0.15) is 24.0 Å². The van der Waals surface area contributed by atoms with E-state index in [2.05, 4.69) is 12.1 Å². The fourth-order valence-corrected chi connectivity index (χ4v) is 2.16. The van der Waals surface area contributed by atoms with Gasteiger partial charge in [0.1, 0.15) is 5.75 Å². The van der Waals surface area contributed by atoms with Crippen molar-refractivity contribution in [1.29, 1.82) is 5.26 Å². The van der Waals surface area contributed by atoms with Gasteiger partial charge in [-0.1, -0.05) is 18.2 Å². The maximum absolute atomic E-state index is 9.14. The predicted octanol–water partition coefficient (Wildman–Crippen LogP) is 2.18. The average Bonchev–Trinajstić information content (AvgIpc) is 2.87. The van der Waals surface area contributed by atoms with Crippen molar-refractivity contribution < 1.29 is 4.74 Å². The minimum absolute atomic E-state index is 0.213. The van der Waals surface area contributed by atoms with Gasteiger partial charge in [0.15, 0.2) is 0 Å². The Morgan fingerprint density at radius 2 is 2.21 bits per heavy atom. The Labute approximate surface area is 83.1 Å². The number of nitriles is 1. The van der Waals surface area contributed by atoms with Crippen LogP contribution in [0.5, 0.6) is 5.75 Å². The molecule has 0 N–H and O–H groups in total. The molecule has 1 aromatic rings. The second-order valence-electron chi connectivity index (χ2n) is 4.09. The molecule has 0 atom stereocenters. The summed E-state index contributed by atoms with van der Waals surface area (Å²) in [6.07, 6.45) is 2.97. The fraction of sp³-hybridized carbons (Fsp3) is 0.417. The maximum atomic E-state index is 9.14. The normalized spacial score (nSPS) is 20.8. The molecule has 3 rings (SSSR count). The van der Waals surface area contributed by atoms with Crippen molar-refractivity contribution in [3.63, 3.8) is 0 Å². The van der Waals surface area contributed by atoms with Gasteiger partial charge in [-0.05, 0) is 18.4 Å². The van der Waals surface area contributed by atoms with E-state index in [4.69, 9.17) is 10.00 Å². The predicted molar refractivity (Wildman–Crippen MR) is 52.2 cm³/mol. The zero-order chi connectivity index (χ0) is 9.60. The number of ether oxygens (including phenoxy) is 1. The SMILES string of the molecule is N#CC1(c2cccc3c2OCC3)CC1. The zero-order valence-corrected chi connectivity index (χ0v) is 7.92. The van der Waals surface area contributed by atoms with Crippen molar-refractivity contribution in [3.8, 4) is 11.8 Å². The molecule has 1 aromatic carbocycles. The third-order valence-electron chi connectivity index (χ3n) is 3.19. The summed E-state index contributed by atoms with van der Waals surface area (Å²) in [5.41, 5.74) is 2.18. The smallest absolute Gasteiger partial charge is 0.127 e. The number of benzene rings is 1. The van der Waals surface area contributed by atoms with E-state index in [9.17, 15) is 0 Å². The van der Waals surface area contributed by atoms with E-state index in [0.717, 1.165) is 37.2 Å². The fourth-order valence-electron chi connectivity index (χ4n) is 2.16. The summed E-state index contributed by atoms with van der Waals surface area (Å²) in [7, 11) is 0. The van der Waals surface area contributed by atoms with Crippen LogP contribution >= 0.6 is 0 Å². The first kappa shape index (κ1) is 7.87. The summed E-state index contributed by atoms with van der Waals surface area (Å²) in [6.45, 7) is 0.772. The first-order valence-corrected chi connectivity index (χ1v) is 5.02. The largest absolute Gasteiger partial charge is 0.493 e. The minimum atomic E-state index is -0.213. The molecule has 0 unspecified atom stereocenters. The molecule has 2 aliphatic rings. The lowest BCUT2D eigenvalue weighted by Crippen LogP contribution is -2.04. The van der Waals surface area contributed by atoms with Gasteiger partial charge in [-0.15, -0.1) is 0 Å². The van der Waals surface area contributed by atoms with Crippen LogP contribution in [0, 0.1) is 11.3 Å². The Bertz CT molecular complexity index is 426. The molecule has 2 heteroatoms. The van der Waals surface area contributed by atoms with Gasteiger partial charge in [-0.25, -0.2) is 0 Å². The number of hydrogen-bond acceptors (Lipinski definition) is 2. The van der Waals surface area contributed by atoms with E-state index in [1.54, 1.807) is 0 Å². The van der Waals surface area contributed by atoms with Crippen LogP contribution in [-0.2, 0) is 11.8 Å². The minimum Gasteiger partial charge on any atom is -0.493 e. The average molecular weight is 185 g/mol. The summed E-state index contributed by atoms with van der Waals surface area (Å²) in [5, 5.41) is 9.14. The highest BCUT2D eigenvalue weighted by Gasteiger charge is 2.47. The molecule has 0 amide bonds. The van der Waals surface area contributed by atoms with Crippen LogP contribution in [0.3, 0.4) is 0 Å². The lowest BCUT2D eigenvalue weighted by atomic mass is 9.94. The van der Waals surface area contributed by atoms with Gasteiger partial charge < -0.3 is 4.74 Å². The first-order chi connectivity index (χ1) is 6.86. The standard InChI is InChI=1S/C12H11NO/c13-8-12(5-6-12)10-3-1-2-9-4-7-14-11(9)10/h1-3H,4-7H2. The molecule has 14 heavy (non-hydrogen) atoms. The molecule has 1 aliphatic heterocycles. The zero-order valence-electron chi connectivity index (χ0n) is 7.92. The molecule has 0 saturated heterocycles. The second-order valence-corrected chi connectivity index (χ2v) is 4.09. The summed E-state index contributed by atoms with van der Waals surface area (Å²) in [6, 6.07) is 8.60. The van der Waals surface area contributed by atoms with Crippen LogP contribution in [0.2, 0.25) is 0 Å². The van der Waals surface area contributed by atoms with Crippen molar-refractivity contribution >= 4 is 0 Å². The lowest BCUT2D eigenvalue weighted by Gasteiger charge is -2.10. The van der Waals surface area contributed by atoms with Gasteiger partial charge >= 0.3 is 0 Å². The molecular weight excluding hydrogens is 174 g/mol. The summed E-state index contributed by atoms with van der Waals surface area (Å²) in [4.78, 5) is 0. The number of nitrogens with zero attached hydrogens (tertiary/aromatic N) is 1. The Morgan fingerprint density at radius 3 is 2.93 bits per heavy atom. The molecule has 1 heterocycles. The second kappa shape index (κ2) is 2.51. The number of rotatable bonds is 1. The van der Waals surface area contributed by atoms with Crippen LogP contribution < -0.4 is 4.74 Å². The van der Waals surface area contributed by atoms with Crippen molar-refractivity contribution in [2.45, 2.75) is 24.7 Å². The summed E-state index contributed by atoms with van der Waals surface area (Å²) < 4.78 is 5.61. The molecule has 0 bridgehead atoms. The highest BCUT2D eigenvalue weighted by Crippen LogP contribution is 2.52. The quantitative estimate of drug-likeness (QED) is 0.671. The maximum Gasteiger partial charge on any atom is 0.127 e. The van der Waals surface area contributed by atoms with E-state index in [1.165, 1.54) is 5.56 Å². The van der Waals surface area contributed by atoms with Crippen molar-refractivity contribution in [2.24, 2.45) is 0 Å². The van der Waals surface area contributed by atoms with E-state index >= 15 is 0 Å². The van der Waals surface area contributed by atoms with Gasteiger partial charge in [-0.3, -0.25) is 0 Å². The molecular formula is C12H11NO. The van der Waals surface area contributed by atoms with Gasteiger partial charge in [0.05, 0.1) is 18.1 Å². The summed E-state index contributed by atoms with van der Waals surface area (Å²) >= 11 is 0. The number of fused-ring (bicyclic) bond motifs is 1. The molecule has 0 aromatic heterocycles. The van der Waals surface area contributed by atoms with Crippen LogP contribution in [0.15, 0.2) is 18.2 Å². The lowest BCUT2D eigenvalue weighted by molar-refractivity contribution is 0.352. The monoisotopic (exact) mass is 185 g/mol. The molecule has 2 nitrogen and oxygen atoms in total. The molecule has 1 saturated carbocycles. The summed E-state index contributed by atoms with van der Waals surface area (Å²) in [5.74, 6) is 0.992. The molecule has 1 aliphatic carbocycles. The Balaban J connectivity index is 2.16. The number of hydrogen-bond donors (Lipinski definition) is 0. The van der Waals surface area contributed by atoms with Crippen molar-refractivity contribution in [1.82, 2.24) is 0 Å². The highest BCUT2D eigenvalue weighted by atomic mass is 16.5. The van der Waals surface area contributed by atoms with Gasteiger partial charge in [-0.2, -0.15) is 5.26 Å². The topological polar surface area (TPSA) is 33.0 Å². The van der Waals surface area contributed by atoms with Crippen LogP contribution in [0.4, 0.5) is 0 Å².